The number of alkyl halides is 2. The summed E-state index contributed by atoms with van der Waals surface area (Å²) in [6, 6.07) is 6.63. The third kappa shape index (κ3) is 4.77. The smallest absolute Gasteiger partial charge is 0.347 e. The molecular weight excluding hydrogens is 764 g/mol. The van der Waals surface area contributed by atoms with Crippen LogP contribution in [0.1, 0.15) is 29.6 Å². The van der Waals surface area contributed by atoms with E-state index in [4.69, 9.17) is 60.6 Å². The van der Waals surface area contributed by atoms with Gasteiger partial charge in [-0.2, -0.15) is 0 Å². The molecule has 1 N–H and O–H groups in total. The Balaban J connectivity index is 1.35. The molecule has 2 aliphatic carbocycles. The first kappa shape index (κ1) is 35.9. The second-order valence-electron chi connectivity index (χ2n) is 12.6. The van der Waals surface area contributed by atoms with Crippen LogP contribution in [-0.2, 0) is 36.1 Å². The predicted octanol–water partition coefficient (Wildman–Crippen LogP) is 3.50. The van der Waals surface area contributed by atoms with Crippen LogP contribution in [0.3, 0.4) is 0 Å². The highest BCUT2D eigenvalue weighted by molar-refractivity contribution is 6.66. The Morgan fingerprint density at radius 1 is 0.923 bits per heavy atom. The number of halogens is 4. The summed E-state index contributed by atoms with van der Waals surface area (Å²) in [6.45, 7) is -0.388. The number of methoxy groups -OCH3 is 3. The number of hydrogen-bond acceptors (Lipinski definition) is 10. The normalized spacial score (nSPS) is 24.0. The zero-order valence-corrected chi connectivity index (χ0v) is 30.9. The van der Waals surface area contributed by atoms with Crippen LogP contribution in [-0.4, -0.2) is 71.2 Å². The van der Waals surface area contributed by atoms with Crippen LogP contribution in [0.25, 0.3) is 11.0 Å². The van der Waals surface area contributed by atoms with Crippen molar-refractivity contribution in [2.75, 3.05) is 21.3 Å². The van der Waals surface area contributed by atoms with E-state index in [1.165, 1.54) is 42.7 Å². The standard InChI is InChI=1S/C34H29Cl4N5O9/c1-40-19-13-23(52-4)22(51-3)12-18(19)39-17(30(40)47)9-10-41-31(48)42-11-8-15-20(43(42)32(41)49)14-33(37)28(45)25(35)26(36)29(46)34(33,38)24(15)16-6-5-7-21(50-2)27(16)44/h5-8,12-13,20,24,44H,9-11,14H2,1-4H3. The highest BCUT2D eigenvalue weighted by atomic mass is 35.5. The Bertz CT molecular complexity index is 2500. The van der Waals surface area contributed by atoms with E-state index in [2.05, 4.69) is 4.98 Å². The highest BCUT2D eigenvalue weighted by Crippen LogP contribution is 2.64. The second-order valence-corrected chi connectivity index (χ2v) is 14.6. The molecule has 2 aromatic carbocycles. The van der Waals surface area contributed by atoms with E-state index in [1.54, 1.807) is 31.3 Å². The summed E-state index contributed by atoms with van der Waals surface area (Å²) in [5.41, 5.74) is -0.549. The zero-order valence-electron chi connectivity index (χ0n) is 27.9. The maximum Gasteiger partial charge on any atom is 0.347 e. The van der Waals surface area contributed by atoms with Crippen molar-refractivity contribution in [2.24, 2.45) is 7.05 Å². The number of aryl methyl sites for hydroxylation is 2. The van der Waals surface area contributed by atoms with Crippen molar-refractivity contribution in [3.8, 4) is 23.0 Å². The molecule has 2 aromatic heterocycles. The van der Waals surface area contributed by atoms with Gasteiger partial charge >= 0.3 is 11.4 Å². The van der Waals surface area contributed by atoms with Gasteiger partial charge in [-0.3, -0.25) is 14.4 Å². The lowest BCUT2D eigenvalue weighted by Crippen LogP contribution is -2.67. The van der Waals surface area contributed by atoms with Gasteiger partial charge in [-0.25, -0.2) is 28.5 Å². The van der Waals surface area contributed by atoms with Crippen LogP contribution >= 0.6 is 46.4 Å². The van der Waals surface area contributed by atoms with E-state index in [1.807, 2.05) is 0 Å². The third-order valence-corrected chi connectivity index (χ3v) is 12.4. The molecule has 0 spiro atoms. The molecule has 1 aliphatic heterocycles. The zero-order chi connectivity index (χ0) is 37.6. The molecular formula is C34H29Cl4N5O9. The van der Waals surface area contributed by atoms with E-state index in [0.29, 0.717) is 28.1 Å². The van der Waals surface area contributed by atoms with Crippen LogP contribution in [0, 0.1) is 0 Å². The molecule has 0 amide bonds. The van der Waals surface area contributed by atoms with Crippen molar-refractivity contribution in [3.63, 3.8) is 0 Å². The van der Waals surface area contributed by atoms with E-state index in [0.717, 1.165) is 9.25 Å². The Kier molecular flexibility index (Phi) is 8.68. The average molecular weight is 793 g/mol. The van der Waals surface area contributed by atoms with Gasteiger partial charge in [-0.1, -0.05) is 41.4 Å². The van der Waals surface area contributed by atoms with Gasteiger partial charge in [0.15, 0.2) is 34.6 Å². The number of ether oxygens (including phenoxy) is 3. The molecule has 4 atom stereocenters. The summed E-state index contributed by atoms with van der Waals surface area (Å²) in [6.07, 6.45) is 1.06. The first-order valence-electron chi connectivity index (χ1n) is 15.8. The van der Waals surface area contributed by atoms with Gasteiger partial charge in [-0.05, 0) is 11.6 Å². The summed E-state index contributed by atoms with van der Waals surface area (Å²) in [7, 11) is 5.84. The van der Waals surface area contributed by atoms with Gasteiger partial charge in [0.05, 0.1) is 44.9 Å². The van der Waals surface area contributed by atoms with Crippen molar-refractivity contribution in [3.05, 3.63) is 94.6 Å². The summed E-state index contributed by atoms with van der Waals surface area (Å²) >= 11 is 27.0. The Hall–Kier alpha value is -4.50. The van der Waals surface area contributed by atoms with Crippen LogP contribution in [0.15, 0.2) is 66.4 Å². The number of allylic oxidation sites excluding steroid dienone is 4. The molecule has 1 saturated carbocycles. The molecule has 7 rings (SSSR count). The van der Waals surface area contributed by atoms with Gasteiger partial charge in [0.2, 0.25) is 0 Å². The number of para-hydroxylation sites is 1. The molecule has 0 saturated heterocycles. The van der Waals surface area contributed by atoms with Crippen LogP contribution in [0.4, 0.5) is 0 Å². The Labute approximate surface area is 313 Å². The van der Waals surface area contributed by atoms with Crippen molar-refractivity contribution in [1.82, 2.24) is 23.5 Å². The summed E-state index contributed by atoms with van der Waals surface area (Å²) in [5.74, 6) is -2.80. The first-order valence-corrected chi connectivity index (χ1v) is 17.3. The van der Waals surface area contributed by atoms with Crippen LogP contribution in [0.5, 0.6) is 23.0 Å². The molecule has 14 nitrogen and oxygen atoms in total. The molecule has 4 aromatic rings. The number of nitrogens with zero attached hydrogens (tertiary/aromatic N) is 5. The second kappa shape index (κ2) is 12.6. The number of carbonyl (C=O) groups is 2. The highest BCUT2D eigenvalue weighted by Gasteiger charge is 2.71. The van der Waals surface area contributed by atoms with E-state index < -0.39 is 66.7 Å². The van der Waals surface area contributed by atoms with Crippen LogP contribution < -0.4 is 31.1 Å². The minimum Gasteiger partial charge on any atom is -0.504 e. The molecule has 4 unspecified atom stereocenters. The average Bonchev–Trinajstić information content (AvgIpc) is 3.39. The number of Topliss-reactive ketones (excluding diaryl/α,β-unsaturated/α-hetero) is 2. The molecule has 272 valence electrons. The largest absolute Gasteiger partial charge is 0.504 e. The lowest BCUT2D eigenvalue weighted by atomic mass is 9.59. The van der Waals surface area contributed by atoms with Gasteiger partial charge in [0, 0.05) is 50.0 Å². The fourth-order valence-corrected chi connectivity index (χ4v) is 9.10. The first-order chi connectivity index (χ1) is 24.7. The van der Waals surface area contributed by atoms with Crippen LogP contribution in [0.2, 0.25) is 0 Å². The minimum atomic E-state index is -2.32. The van der Waals surface area contributed by atoms with Gasteiger partial charge in [0.25, 0.3) is 5.56 Å². The summed E-state index contributed by atoms with van der Waals surface area (Å²) in [5, 5.41) is 10.1. The maximum atomic E-state index is 14.2. The molecule has 3 aliphatic rings. The van der Waals surface area contributed by atoms with Gasteiger partial charge in [0.1, 0.15) is 25.5 Å². The lowest BCUT2D eigenvalue weighted by molar-refractivity contribution is -0.128. The third-order valence-electron chi connectivity index (χ3n) is 10.2. The number of benzene rings is 2. The summed E-state index contributed by atoms with van der Waals surface area (Å²) < 4.78 is 20.7. The van der Waals surface area contributed by atoms with Crippen molar-refractivity contribution in [1.29, 1.82) is 0 Å². The molecule has 52 heavy (non-hydrogen) atoms. The Morgan fingerprint density at radius 2 is 1.58 bits per heavy atom. The Morgan fingerprint density at radius 3 is 2.25 bits per heavy atom. The number of fused-ring (bicyclic) bond motifs is 5. The fraction of sp³-hybridized carbons (Fsp3) is 0.353. The number of phenolic OH excluding ortho intramolecular Hbond substituents is 1. The van der Waals surface area contributed by atoms with Crippen molar-refractivity contribution < 1.29 is 28.9 Å². The molecule has 0 bridgehead atoms. The minimum absolute atomic E-state index is 0.0389. The number of ketones is 2. The number of phenols is 1. The van der Waals surface area contributed by atoms with Crippen molar-refractivity contribution in [2.45, 2.75) is 47.6 Å². The number of aromatic nitrogens is 5. The lowest BCUT2D eigenvalue weighted by Gasteiger charge is -2.54. The quantitative estimate of drug-likeness (QED) is 0.216. The summed E-state index contributed by atoms with van der Waals surface area (Å²) in [4.78, 5) is 69.2. The predicted molar refractivity (Wildman–Crippen MR) is 192 cm³/mol. The molecule has 3 heterocycles. The monoisotopic (exact) mass is 791 g/mol. The fourth-order valence-electron chi connectivity index (χ4n) is 7.58. The van der Waals surface area contributed by atoms with E-state index >= 15 is 0 Å². The van der Waals surface area contributed by atoms with Gasteiger partial charge < -0.3 is 23.9 Å². The van der Waals surface area contributed by atoms with E-state index in [-0.39, 0.29) is 42.3 Å². The SMILES string of the molecule is COc1cc2nc(CCn3c(=O)n4n(c3=O)C3CC5(Cl)C(=O)C(Cl)=C(Cl)C(=O)C5(Cl)C(c5cccc(OC)c5O)C3=CC4)c(=O)n(C)c2cc1OC. The molecule has 1 fully saturated rings. The number of aromatic hydroxyl groups is 1. The maximum absolute atomic E-state index is 14.2. The topological polar surface area (TPSA) is 166 Å². The van der Waals surface area contributed by atoms with Gasteiger partial charge in [-0.15, -0.1) is 23.2 Å². The molecule has 0 radical (unpaired) electrons. The van der Waals surface area contributed by atoms with Crippen molar-refractivity contribution >= 4 is 69.0 Å². The van der Waals surface area contributed by atoms with E-state index in [9.17, 15) is 29.1 Å². The number of rotatable bonds is 7. The number of hydrogen-bond donors (Lipinski definition) is 1. The number of carbonyl (C=O) groups excluding carboxylic acids is 2. The molecule has 18 heteroatoms.